The minimum absolute atomic E-state index is 0.0904. The lowest BCUT2D eigenvalue weighted by Gasteiger charge is -2.38. The molecule has 6 nitrogen and oxygen atoms in total. The third kappa shape index (κ3) is 3.79. The summed E-state index contributed by atoms with van der Waals surface area (Å²) in [6.07, 6.45) is 6.32. The van der Waals surface area contributed by atoms with Crippen molar-refractivity contribution in [2.24, 2.45) is 0 Å². The number of benzene rings is 1. The normalized spacial score (nSPS) is 16.9. The fourth-order valence-electron chi connectivity index (χ4n) is 5.06. The standard InChI is InChI=1S/C26H30F2N6/c1-15(2)32-10-8-22-18(14-32)7-6-9-33(22)26-29-13-21(28)24(31-26)19-11-20(27)25-23(12-19)34(16(3)4)17(5)30-25/h6-7,11-13,15-16H,8-10,14H2,1-5H3. The maximum atomic E-state index is 15.0. The van der Waals surface area contributed by atoms with Crippen LogP contribution in [0.1, 0.15) is 46.0 Å². The van der Waals surface area contributed by atoms with E-state index in [1.54, 1.807) is 6.07 Å². The van der Waals surface area contributed by atoms with E-state index in [0.29, 0.717) is 29.6 Å². The summed E-state index contributed by atoms with van der Waals surface area (Å²) in [6.45, 7) is 12.7. The summed E-state index contributed by atoms with van der Waals surface area (Å²) < 4.78 is 32.0. The Kier molecular flexibility index (Phi) is 5.72. The van der Waals surface area contributed by atoms with E-state index in [-0.39, 0.29) is 17.3 Å². The number of fused-ring (bicyclic) bond motifs is 1. The molecule has 178 valence electrons. The summed E-state index contributed by atoms with van der Waals surface area (Å²) >= 11 is 0. The second kappa shape index (κ2) is 8.58. The summed E-state index contributed by atoms with van der Waals surface area (Å²) in [5.41, 5.74) is 3.81. The van der Waals surface area contributed by atoms with Crippen molar-refractivity contribution in [3.8, 4) is 11.3 Å². The van der Waals surface area contributed by atoms with E-state index in [1.165, 1.54) is 23.5 Å². The molecular weight excluding hydrogens is 434 g/mol. The first-order valence-corrected chi connectivity index (χ1v) is 11.9. The zero-order chi connectivity index (χ0) is 24.1. The Morgan fingerprint density at radius 2 is 1.79 bits per heavy atom. The van der Waals surface area contributed by atoms with Gasteiger partial charge >= 0.3 is 0 Å². The summed E-state index contributed by atoms with van der Waals surface area (Å²) in [4.78, 5) is 17.8. The van der Waals surface area contributed by atoms with Gasteiger partial charge in [0, 0.05) is 49.4 Å². The van der Waals surface area contributed by atoms with Crippen molar-refractivity contribution in [3.63, 3.8) is 0 Å². The van der Waals surface area contributed by atoms with Crippen LogP contribution in [0.25, 0.3) is 22.3 Å². The van der Waals surface area contributed by atoms with Crippen molar-refractivity contribution in [1.29, 1.82) is 0 Å². The van der Waals surface area contributed by atoms with Crippen LogP contribution in [-0.4, -0.2) is 50.1 Å². The minimum atomic E-state index is -0.578. The lowest BCUT2D eigenvalue weighted by Crippen LogP contribution is -2.41. The average molecular weight is 465 g/mol. The molecule has 8 heteroatoms. The van der Waals surface area contributed by atoms with E-state index < -0.39 is 11.6 Å². The van der Waals surface area contributed by atoms with Gasteiger partial charge in [-0.15, -0.1) is 0 Å². The van der Waals surface area contributed by atoms with E-state index >= 15 is 4.39 Å². The molecule has 0 atom stereocenters. The van der Waals surface area contributed by atoms with Crippen molar-refractivity contribution in [2.45, 2.75) is 53.1 Å². The third-order valence-electron chi connectivity index (χ3n) is 6.73. The first-order chi connectivity index (χ1) is 16.2. The van der Waals surface area contributed by atoms with Crippen LogP contribution in [0.4, 0.5) is 14.7 Å². The number of anilines is 1. The Bertz CT molecular complexity index is 1320. The maximum Gasteiger partial charge on any atom is 0.230 e. The van der Waals surface area contributed by atoms with Crippen LogP contribution in [0.3, 0.4) is 0 Å². The zero-order valence-electron chi connectivity index (χ0n) is 20.3. The van der Waals surface area contributed by atoms with Crippen LogP contribution >= 0.6 is 0 Å². The molecule has 0 radical (unpaired) electrons. The number of halogens is 2. The summed E-state index contributed by atoms with van der Waals surface area (Å²) in [6, 6.07) is 3.65. The van der Waals surface area contributed by atoms with Crippen LogP contribution in [0.15, 0.2) is 41.8 Å². The Hall–Kier alpha value is -3.13. The molecule has 0 aliphatic carbocycles. The third-order valence-corrected chi connectivity index (χ3v) is 6.73. The first-order valence-electron chi connectivity index (χ1n) is 11.9. The van der Waals surface area contributed by atoms with Gasteiger partial charge < -0.3 is 9.47 Å². The SMILES string of the molecule is Cc1nc2c(F)cc(-c3nc(N4CC=CC5=C4CCN(C(C)C)C5)ncc3F)cc2n1C(C)C. The van der Waals surface area contributed by atoms with Crippen molar-refractivity contribution in [2.75, 3.05) is 24.5 Å². The van der Waals surface area contributed by atoms with E-state index in [4.69, 9.17) is 0 Å². The number of rotatable bonds is 4. The molecule has 3 aromatic rings. The molecule has 0 spiro atoms. The molecule has 0 unspecified atom stereocenters. The highest BCUT2D eigenvalue weighted by Crippen LogP contribution is 2.33. The first kappa shape index (κ1) is 22.7. The van der Waals surface area contributed by atoms with Gasteiger partial charge in [-0.05, 0) is 52.3 Å². The number of aromatic nitrogens is 4. The Balaban J connectivity index is 1.58. The van der Waals surface area contributed by atoms with Gasteiger partial charge in [0.05, 0.1) is 11.7 Å². The fraction of sp³-hybridized carbons (Fsp3) is 0.423. The minimum Gasteiger partial charge on any atom is -0.326 e. The molecule has 1 aromatic carbocycles. The summed E-state index contributed by atoms with van der Waals surface area (Å²) in [5.74, 6) is 0.0882. The van der Waals surface area contributed by atoms with Gasteiger partial charge in [-0.25, -0.2) is 23.7 Å². The number of imidazole rings is 1. The molecule has 0 N–H and O–H groups in total. The van der Waals surface area contributed by atoms with Crippen molar-refractivity contribution in [1.82, 2.24) is 24.4 Å². The number of aryl methyl sites for hydroxylation is 1. The van der Waals surface area contributed by atoms with Crippen molar-refractivity contribution < 1.29 is 8.78 Å². The van der Waals surface area contributed by atoms with Gasteiger partial charge in [-0.2, -0.15) is 0 Å². The molecule has 2 aromatic heterocycles. The molecule has 2 aliphatic rings. The second-order valence-electron chi connectivity index (χ2n) is 9.61. The molecule has 0 amide bonds. The molecule has 0 bridgehead atoms. The van der Waals surface area contributed by atoms with E-state index in [9.17, 15) is 4.39 Å². The van der Waals surface area contributed by atoms with Gasteiger partial charge in [0.1, 0.15) is 17.0 Å². The number of nitrogens with zero attached hydrogens (tertiary/aromatic N) is 6. The van der Waals surface area contributed by atoms with Crippen LogP contribution in [0.5, 0.6) is 0 Å². The molecule has 34 heavy (non-hydrogen) atoms. The van der Waals surface area contributed by atoms with Gasteiger partial charge in [0.2, 0.25) is 5.95 Å². The highest BCUT2D eigenvalue weighted by Gasteiger charge is 2.27. The van der Waals surface area contributed by atoms with Crippen molar-refractivity contribution in [3.05, 3.63) is 59.2 Å². The van der Waals surface area contributed by atoms with Crippen molar-refractivity contribution >= 4 is 17.0 Å². The number of hydrogen-bond acceptors (Lipinski definition) is 5. The van der Waals surface area contributed by atoms with Gasteiger partial charge in [-0.1, -0.05) is 12.2 Å². The maximum absolute atomic E-state index is 15.0. The molecule has 0 fully saturated rings. The molecule has 0 saturated carbocycles. The number of hydrogen-bond donors (Lipinski definition) is 0. The highest BCUT2D eigenvalue weighted by atomic mass is 19.1. The fourth-order valence-corrected chi connectivity index (χ4v) is 5.06. The molecule has 4 heterocycles. The summed E-state index contributed by atoms with van der Waals surface area (Å²) in [7, 11) is 0. The summed E-state index contributed by atoms with van der Waals surface area (Å²) in [5, 5.41) is 0. The van der Waals surface area contributed by atoms with E-state index in [2.05, 4.69) is 45.9 Å². The van der Waals surface area contributed by atoms with E-state index in [0.717, 1.165) is 25.3 Å². The monoisotopic (exact) mass is 464 g/mol. The van der Waals surface area contributed by atoms with Crippen LogP contribution < -0.4 is 4.90 Å². The predicted octanol–water partition coefficient (Wildman–Crippen LogP) is 5.41. The van der Waals surface area contributed by atoms with Crippen LogP contribution in [0, 0.1) is 18.6 Å². The predicted molar refractivity (Wildman–Crippen MR) is 131 cm³/mol. The highest BCUT2D eigenvalue weighted by molar-refractivity contribution is 5.83. The zero-order valence-corrected chi connectivity index (χ0v) is 20.3. The van der Waals surface area contributed by atoms with Gasteiger partial charge in [-0.3, -0.25) is 4.90 Å². The topological polar surface area (TPSA) is 50.1 Å². The van der Waals surface area contributed by atoms with Gasteiger partial charge in [0.15, 0.2) is 11.6 Å². The quantitative estimate of drug-likeness (QED) is 0.517. The van der Waals surface area contributed by atoms with Crippen LogP contribution in [0.2, 0.25) is 0 Å². The molecule has 5 rings (SSSR count). The smallest absolute Gasteiger partial charge is 0.230 e. The Morgan fingerprint density at radius 1 is 1.00 bits per heavy atom. The second-order valence-corrected chi connectivity index (χ2v) is 9.61. The Labute approximate surface area is 198 Å². The molecule has 0 saturated heterocycles. The van der Waals surface area contributed by atoms with E-state index in [1.807, 2.05) is 30.2 Å². The molecule has 2 aliphatic heterocycles. The van der Waals surface area contributed by atoms with Crippen LogP contribution in [-0.2, 0) is 0 Å². The largest absolute Gasteiger partial charge is 0.326 e. The van der Waals surface area contributed by atoms with Gasteiger partial charge in [0.25, 0.3) is 0 Å². The lowest BCUT2D eigenvalue weighted by atomic mass is 10.0. The lowest BCUT2D eigenvalue weighted by molar-refractivity contribution is 0.232. The molecular formula is C26H30F2N6. The average Bonchev–Trinajstić information content (AvgIpc) is 3.15. The Morgan fingerprint density at radius 3 is 2.53 bits per heavy atom.